The van der Waals surface area contributed by atoms with Gasteiger partial charge in [-0.3, -0.25) is 9.69 Å². The molecule has 0 saturated heterocycles. The van der Waals surface area contributed by atoms with Gasteiger partial charge in [0.15, 0.2) is 5.78 Å². The van der Waals surface area contributed by atoms with Crippen molar-refractivity contribution < 1.29 is 9.53 Å². The number of nitrogens with zero attached hydrogens (tertiary/aromatic N) is 1. The van der Waals surface area contributed by atoms with Crippen molar-refractivity contribution >= 4 is 16.7 Å². The molecule has 4 nitrogen and oxygen atoms in total. The van der Waals surface area contributed by atoms with Crippen LogP contribution in [-0.2, 0) is 13.0 Å². The molecule has 0 radical (unpaired) electrons. The fourth-order valence-corrected chi connectivity index (χ4v) is 3.57. The minimum atomic E-state index is 0.168. The SMILES string of the molecule is CCOc1ccc2c(c1)CN(CC(=O)c1c[nH]c3ccccc13)CC2. The molecule has 128 valence electrons. The van der Waals surface area contributed by atoms with E-state index in [1.807, 2.05) is 43.5 Å². The fraction of sp³-hybridized carbons (Fsp3) is 0.286. The van der Waals surface area contributed by atoms with Crippen LogP contribution in [0.15, 0.2) is 48.7 Å². The smallest absolute Gasteiger partial charge is 0.178 e. The van der Waals surface area contributed by atoms with Gasteiger partial charge in [0, 0.05) is 35.8 Å². The Morgan fingerprint density at radius 1 is 1.20 bits per heavy atom. The Morgan fingerprint density at radius 2 is 2.08 bits per heavy atom. The number of Topliss-reactive ketones (excluding diaryl/α,β-unsaturated/α-hetero) is 1. The summed E-state index contributed by atoms with van der Waals surface area (Å²) in [6.07, 6.45) is 2.81. The minimum Gasteiger partial charge on any atom is -0.494 e. The highest BCUT2D eigenvalue weighted by molar-refractivity contribution is 6.08. The second-order valence-electron chi connectivity index (χ2n) is 6.50. The van der Waals surface area contributed by atoms with Crippen molar-refractivity contribution in [1.29, 1.82) is 0 Å². The number of ether oxygens (including phenoxy) is 1. The van der Waals surface area contributed by atoms with Gasteiger partial charge in [0.05, 0.1) is 13.2 Å². The molecule has 4 heteroatoms. The lowest BCUT2D eigenvalue weighted by molar-refractivity contribution is 0.0923. The predicted molar refractivity (Wildman–Crippen MR) is 99.2 cm³/mol. The first-order valence-electron chi connectivity index (χ1n) is 8.81. The quantitative estimate of drug-likeness (QED) is 0.722. The van der Waals surface area contributed by atoms with Crippen LogP contribution >= 0.6 is 0 Å². The molecule has 0 atom stereocenters. The summed E-state index contributed by atoms with van der Waals surface area (Å²) in [4.78, 5) is 18.2. The van der Waals surface area contributed by atoms with Crippen LogP contribution < -0.4 is 4.74 Å². The van der Waals surface area contributed by atoms with Crippen molar-refractivity contribution in [3.8, 4) is 5.75 Å². The zero-order valence-electron chi connectivity index (χ0n) is 14.4. The molecule has 1 aliphatic rings. The van der Waals surface area contributed by atoms with Crippen molar-refractivity contribution in [2.45, 2.75) is 19.9 Å². The first-order valence-corrected chi connectivity index (χ1v) is 8.81. The summed E-state index contributed by atoms with van der Waals surface area (Å²) >= 11 is 0. The molecule has 1 aliphatic heterocycles. The summed E-state index contributed by atoms with van der Waals surface area (Å²) in [5, 5.41) is 1.00. The third-order valence-corrected chi connectivity index (χ3v) is 4.84. The maximum Gasteiger partial charge on any atom is 0.178 e. The summed E-state index contributed by atoms with van der Waals surface area (Å²) in [5.41, 5.74) is 4.42. The van der Waals surface area contributed by atoms with E-state index in [1.54, 1.807) is 0 Å². The lowest BCUT2D eigenvalue weighted by atomic mass is 9.99. The number of hydrogen-bond donors (Lipinski definition) is 1. The van der Waals surface area contributed by atoms with Crippen LogP contribution in [0.1, 0.15) is 28.4 Å². The Morgan fingerprint density at radius 3 is 2.96 bits per heavy atom. The van der Waals surface area contributed by atoms with Gasteiger partial charge in [-0.15, -0.1) is 0 Å². The van der Waals surface area contributed by atoms with E-state index in [4.69, 9.17) is 4.74 Å². The average molecular weight is 334 g/mol. The second kappa shape index (κ2) is 6.73. The molecule has 2 aromatic carbocycles. The number of ketones is 1. The third-order valence-electron chi connectivity index (χ3n) is 4.84. The zero-order valence-corrected chi connectivity index (χ0v) is 14.4. The Kier molecular flexibility index (Phi) is 4.28. The lowest BCUT2D eigenvalue weighted by Gasteiger charge is -2.28. The highest BCUT2D eigenvalue weighted by Gasteiger charge is 2.21. The maximum atomic E-state index is 12.8. The lowest BCUT2D eigenvalue weighted by Crippen LogP contribution is -2.34. The van der Waals surface area contributed by atoms with Crippen LogP contribution in [0.2, 0.25) is 0 Å². The number of benzene rings is 2. The van der Waals surface area contributed by atoms with Gasteiger partial charge < -0.3 is 9.72 Å². The van der Waals surface area contributed by atoms with Gasteiger partial charge in [0.1, 0.15) is 5.75 Å². The topological polar surface area (TPSA) is 45.3 Å². The molecule has 0 amide bonds. The number of H-pyrrole nitrogens is 1. The van der Waals surface area contributed by atoms with Gasteiger partial charge in [0.25, 0.3) is 0 Å². The van der Waals surface area contributed by atoms with Gasteiger partial charge in [-0.25, -0.2) is 0 Å². The van der Waals surface area contributed by atoms with Crippen molar-refractivity contribution in [1.82, 2.24) is 9.88 Å². The molecule has 25 heavy (non-hydrogen) atoms. The van der Waals surface area contributed by atoms with Crippen molar-refractivity contribution in [2.75, 3.05) is 19.7 Å². The summed E-state index contributed by atoms with van der Waals surface area (Å²) in [7, 11) is 0. The van der Waals surface area contributed by atoms with E-state index in [-0.39, 0.29) is 5.78 Å². The molecule has 0 bridgehead atoms. The van der Waals surface area contributed by atoms with E-state index in [0.717, 1.165) is 41.7 Å². The van der Waals surface area contributed by atoms with Crippen LogP contribution in [0.5, 0.6) is 5.75 Å². The Labute approximate surface area is 147 Å². The molecule has 3 aromatic rings. The summed E-state index contributed by atoms with van der Waals surface area (Å²) in [6, 6.07) is 14.2. The normalized spacial score (nSPS) is 14.4. The molecule has 4 rings (SSSR count). The van der Waals surface area contributed by atoms with Gasteiger partial charge in [-0.05, 0) is 42.7 Å². The molecule has 0 saturated carbocycles. The van der Waals surface area contributed by atoms with Crippen LogP contribution in [0, 0.1) is 0 Å². The molecule has 1 N–H and O–H groups in total. The highest BCUT2D eigenvalue weighted by Crippen LogP contribution is 2.25. The van der Waals surface area contributed by atoms with Crippen LogP contribution in [0.25, 0.3) is 10.9 Å². The van der Waals surface area contributed by atoms with Crippen molar-refractivity contribution in [2.24, 2.45) is 0 Å². The number of para-hydroxylation sites is 1. The molecular formula is C21H22N2O2. The molecule has 0 unspecified atom stereocenters. The molecule has 2 heterocycles. The van der Waals surface area contributed by atoms with Crippen LogP contribution in [-0.4, -0.2) is 35.4 Å². The van der Waals surface area contributed by atoms with Gasteiger partial charge >= 0.3 is 0 Å². The predicted octanol–water partition coefficient (Wildman–Crippen LogP) is 3.81. The molecule has 0 spiro atoms. The summed E-state index contributed by atoms with van der Waals surface area (Å²) in [6.45, 7) is 4.81. The van der Waals surface area contributed by atoms with E-state index in [2.05, 4.69) is 22.0 Å². The minimum absolute atomic E-state index is 0.168. The van der Waals surface area contributed by atoms with Crippen LogP contribution in [0.4, 0.5) is 0 Å². The van der Waals surface area contributed by atoms with Gasteiger partial charge in [-0.1, -0.05) is 24.3 Å². The van der Waals surface area contributed by atoms with E-state index >= 15 is 0 Å². The fourth-order valence-electron chi connectivity index (χ4n) is 3.57. The van der Waals surface area contributed by atoms with E-state index in [0.29, 0.717) is 13.2 Å². The van der Waals surface area contributed by atoms with Gasteiger partial charge in [0.2, 0.25) is 0 Å². The second-order valence-corrected chi connectivity index (χ2v) is 6.50. The van der Waals surface area contributed by atoms with Crippen molar-refractivity contribution in [3.05, 3.63) is 65.4 Å². The first kappa shape index (κ1) is 15.9. The van der Waals surface area contributed by atoms with Crippen LogP contribution in [0.3, 0.4) is 0 Å². The number of carbonyl (C=O) groups is 1. The summed E-state index contributed by atoms with van der Waals surface area (Å²) < 4.78 is 5.61. The monoisotopic (exact) mass is 334 g/mol. The summed E-state index contributed by atoms with van der Waals surface area (Å²) in [5.74, 6) is 1.08. The third kappa shape index (κ3) is 3.17. The zero-order chi connectivity index (χ0) is 17.2. The van der Waals surface area contributed by atoms with E-state index < -0.39 is 0 Å². The molecule has 1 aromatic heterocycles. The number of carbonyl (C=O) groups excluding carboxylic acids is 1. The number of rotatable bonds is 5. The first-order chi connectivity index (χ1) is 12.2. The maximum absolute atomic E-state index is 12.8. The van der Waals surface area contributed by atoms with Crippen molar-refractivity contribution in [3.63, 3.8) is 0 Å². The number of hydrogen-bond acceptors (Lipinski definition) is 3. The molecule has 0 fully saturated rings. The Bertz CT molecular complexity index is 913. The largest absolute Gasteiger partial charge is 0.494 e. The standard InChI is InChI=1S/C21H22N2O2/c1-2-25-17-8-7-15-9-10-23(13-16(15)11-17)14-21(24)19-12-22-20-6-4-3-5-18(19)20/h3-8,11-12,22H,2,9-10,13-14H2,1H3. The average Bonchev–Trinajstić information content (AvgIpc) is 3.06. The Hall–Kier alpha value is -2.59. The van der Waals surface area contributed by atoms with E-state index in [9.17, 15) is 4.79 Å². The number of nitrogens with one attached hydrogen (secondary N) is 1. The molecular weight excluding hydrogens is 312 g/mol. The number of aromatic nitrogens is 1. The highest BCUT2D eigenvalue weighted by atomic mass is 16.5. The number of aromatic amines is 1. The molecule has 0 aliphatic carbocycles. The van der Waals surface area contributed by atoms with E-state index in [1.165, 1.54) is 11.1 Å². The number of fused-ring (bicyclic) bond motifs is 2. The van der Waals surface area contributed by atoms with Gasteiger partial charge in [-0.2, -0.15) is 0 Å². The Balaban J connectivity index is 1.50.